The van der Waals surface area contributed by atoms with Gasteiger partial charge in [-0.1, -0.05) is 25.1 Å². The van der Waals surface area contributed by atoms with Crippen LogP contribution < -0.4 is 5.73 Å². The van der Waals surface area contributed by atoms with E-state index in [-0.39, 0.29) is 6.04 Å². The Morgan fingerprint density at radius 3 is 2.48 bits per heavy atom. The monoisotopic (exact) mass is 283 g/mol. The molecule has 1 atom stereocenters. The van der Waals surface area contributed by atoms with Gasteiger partial charge in [0.15, 0.2) is 0 Å². The summed E-state index contributed by atoms with van der Waals surface area (Å²) in [6.07, 6.45) is 2.82. The zero-order valence-electron chi connectivity index (χ0n) is 12.5. The number of amides is 1. The first-order valence-electron chi connectivity index (χ1n) is 7.11. The van der Waals surface area contributed by atoms with E-state index in [2.05, 4.69) is 29.9 Å². The zero-order chi connectivity index (χ0) is 15.2. The molecule has 1 aromatic carbocycles. The minimum Gasteiger partial charge on any atom is -0.366 e. The number of nitrogens with two attached hydrogens (primary N) is 1. The van der Waals surface area contributed by atoms with Crippen molar-refractivity contribution in [1.29, 1.82) is 0 Å². The summed E-state index contributed by atoms with van der Waals surface area (Å²) in [5, 5.41) is 0. The van der Waals surface area contributed by atoms with Gasteiger partial charge in [0.05, 0.1) is 11.7 Å². The molecule has 4 nitrogen and oxygen atoms in total. The van der Waals surface area contributed by atoms with Gasteiger partial charge in [-0.05, 0) is 43.3 Å². The number of pyridine rings is 1. The minimum absolute atomic E-state index is 0.280. The first-order valence-corrected chi connectivity index (χ1v) is 7.11. The Labute approximate surface area is 125 Å². The van der Waals surface area contributed by atoms with Crippen molar-refractivity contribution in [1.82, 2.24) is 9.88 Å². The van der Waals surface area contributed by atoms with E-state index in [1.165, 1.54) is 0 Å². The van der Waals surface area contributed by atoms with Gasteiger partial charge in [0, 0.05) is 18.3 Å². The van der Waals surface area contributed by atoms with Crippen molar-refractivity contribution in [3.63, 3.8) is 0 Å². The quantitative estimate of drug-likeness (QED) is 0.886. The maximum Gasteiger partial charge on any atom is 0.248 e. The molecule has 0 aliphatic rings. The van der Waals surface area contributed by atoms with Crippen molar-refractivity contribution < 1.29 is 4.79 Å². The maximum atomic E-state index is 11.1. The molecule has 0 fully saturated rings. The number of primary amides is 1. The van der Waals surface area contributed by atoms with E-state index in [1.54, 1.807) is 12.1 Å². The molecule has 1 amide bonds. The van der Waals surface area contributed by atoms with E-state index in [0.29, 0.717) is 5.56 Å². The second kappa shape index (κ2) is 6.99. The zero-order valence-corrected chi connectivity index (χ0v) is 12.5. The summed E-state index contributed by atoms with van der Waals surface area (Å²) in [4.78, 5) is 17.8. The number of hydrogen-bond acceptors (Lipinski definition) is 3. The Morgan fingerprint density at radius 1 is 1.24 bits per heavy atom. The molecule has 1 aromatic heterocycles. The lowest BCUT2D eigenvalue weighted by molar-refractivity contribution is 0.100. The summed E-state index contributed by atoms with van der Waals surface area (Å²) in [5.74, 6) is -0.394. The second-order valence-corrected chi connectivity index (χ2v) is 5.15. The molecule has 0 bridgehead atoms. The van der Waals surface area contributed by atoms with Crippen molar-refractivity contribution in [2.45, 2.75) is 25.9 Å². The first kappa shape index (κ1) is 15.2. The average molecular weight is 283 g/mol. The van der Waals surface area contributed by atoms with Crippen LogP contribution in [0.5, 0.6) is 0 Å². The predicted octanol–water partition coefficient (Wildman–Crippen LogP) is 2.76. The van der Waals surface area contributed by atoms with E-state index in [0.717, 1.165) is 24.2 Å². The van der Waals surface area contributed by atoms with E-state index in [1.807, 2.05) is 30.5 Å². The third kappa shape index (κ3) is 3.89. The molecule has 0 aliphatic heterocycles. The molecule has 0 saturated heterocycles. The van der Waals surface area contributed by atoms with Crippen LogP contribution in [0.4, 0.5) is 0 Å². The topological polar surface area (TPSA) is 59.2 Å². The molecule has 0 aliphatic carbocycles. The summed E-state index contributed by atoms with van der Waals surface area (Å²) in [5.41, 5.74) is 8.02. The summed E-state index contributed by atoms with van der Waals surface area (Å²) >= 11 is 0. The Kier molecular flexibility index (Phi) is 5.06. The highest BCUT2D eigenvalue weighted by Gasteiger charge is 2.16. The van der Waals surface area contributed by atoms with E-state index >= 15 is 0 Å². The van der Waals surface area contributed by atoms with Crippen LogP contribution in [0, 0.1) is 0 Å². The molecule has 1 unspecified atom stereocenters. The first-order chi connectivity index (χ1) is 10.1. The summed E-state index contributed by atoms with van der Waals surface area (Å²) in [6.45, 7) is 2.96. The third-order valence-corrected chi connectivity index (χ3v) is 3.62. The van der Waals surface area contributed by atoms with Gasteiger partial charge in [0.25, 0.3) is 0 Å². The van der Waals surface area contributed by atoms with Crippen LogP contribution in [0.1, 0.15) is 41.0 Å². The SMILES string of the molecule is CCC(c1ccccn1)N(C)Cc1ccc(C(N)=O)cc1. The van der Waals surface area contributed by atoms with Gasteiger partial charge in [-0.25, -0.2) is 0 Å². The third-order valence-electron chi connectivity index (χ3n) is 3.62. The average Bonchev–Trinajstić information content (AvgIpc) is 2.49. The molecule has 2 N–H and O–H groups in total. The number of aromatic nitrogens is 1. The Balaban J connectivity index is 2.09. The molecule has 1 heterocycles. The number of carbonyl (C=O) groups excluding carboxylic acids is 1. The van der Waals surface area contributed by atoms with Crippen molar-refractivity contribution in [3.05, 3.63) is 65.5 Å². The molecule has 2 rings (SSSR count). The Hall–Kier alpha value is -2.20. The lowest BCUT2D eigenvalue weighted by Gasteiger charge is -2.26. The predicted molar refractivity (Wildman–Crippen MR) is 83.7 cm³/mol. The Morgan fingerprint density at radius 2 is 1.95 bits per heavy atom. The van der Waals surface area contributed by atoms with Crippen LogP contribution >= 0.6 is 0 Å². The summed E-state index contributed by atoms with van der Waals surface area (Å²) in [6, 6.07) is 13.7. The molecule has 0 saturated carbocycles. The molecular weight excluding hydrogens is 262 g/mol. The highest BCUT2D eigenvalue weighted by molar-refractivity contribution is 5.92. The summed E-state index contributed by atoms with van der Waals surface area (Å²) < 4.78 is 0. The molecule has 0 spiro atoms. The van der Waals surface area contributed by atoms with Gasteiger partial charge in [-0.2, -0.15) is 0 Å². The second-order valence-electron chi connectivity index (χ2n) is 5.15. The smallest absolute Gasteiger partial charge is 0.248 e. The molecule has 0 radical (unpaired) electrons. The Bertz CT molecular complexity index is 581. The van der Waals surface area contributed by atoms with E-state index < -0.39 is 5.91 Å². The molecule has 21 heavy (non-hydrogen) atoms. The lowest BCUT2D eigenvalue weighted by Crippen LogP contribution is -2.24. The molecular formula is C17H21N3O. The van der Waals surface area contributed by atoms with Crippen LogP contribution in [0.2, 0.25) is 0 Å². The number of nitrogens with zero attached hydrogens (tertiary/aromatic N) is 2. The normalized spacial score (nSPS) is 12.3. The van der Waals surface area contributed by atoms with Crippen molar-refractivity contribution in [3.8, 4) is 0 Å². The van der Waals surface area contributed by atoms with Crippen LogP contribution in [0.25, 0.3) is 0 Å². The van der Waals surface area contributed by atoms with Gasteiger partial charge in [0.1, 0.15) is 0 Å². The fourth-order valence-corrected chi connectivity index (χ4v) is 2.49. The van der Waals surface area contributed by atoms with Crippen LogP contribution in [0.3, 0.4) is 0 Å². The van der Waals surface area contributed by atoms with Gasteiger partial charge in [-0.3, -0.25) is 14.7 Å². The van der Waals surface area contributed by atoms with Crippen molar-refractivity contribution in [2.24, 2.45) is 5.73 Å². The van der Waals surface area contributed by atoms with Gasteiger partial charge in [-0.15, -0.1) is 0 Å². The minimum atomic E-state index is -0.394. The summed E-state index contributed by atoms with van der Waals surface area (Å²) in [7, 11) is 2.09. The number of carbonyl (C=O) groups is 1. The van der Waals surface area contributed by atoms with Crippen molar-refractivity contribution >= 4 is 5.91 Å². The van der Waals surface area contributed by atoms with Gasteiger partial charge < -0.3 is 5.73 Å². The van der Waals surface area contributed by atoms with Crippen LogP contribution in [0.15, 0.2) is 48.7 Å². The molecule has 110 valence electrons. The largest absolute Gasteiger partial charge is 0.366 e. The van der Waals surface area contributed by atoms with E-state index in [4.69, 9.17) is 5.73 Å². The highest BCUT2D eigenvalue weighted by atomic mass is 16.1. The number of hydrogen-bond donors (Lipinski definition) is 1. The van der Waals surface area contributed by atoms with Gasteiger partial charge >= 0.3 is 0 Å². The van der Waals surface area contributed by atoms with Crippen LogP contribution in [-0.2, 0) is 6.54 Å². The van der Waals surface area contributed by atoms with E-state index in [9.17, 15) is 4.79 Å². The highest BCUT2D eigenvalue weighted by Crippen LogP contribution is 2.22. The lowest BCUT2D eigenvalue weighted by atomic mass is 10.1. The molecule has 4 heteroatoms. The van der Waals surface area contributed by atoms with Gasteiger partial charge in [0.2, 0.25) is 5.91 Å². The van der Waals surface area contributed by atoms with Crippen molar-refractivity contribution in [2.75, 3.05) is 7.05 Å². The fourth-order valence-electron chi connectivity index (χ4n) is 2.49. The number of benzene rings is 1. The molecule has 2 aromatic rings. The standard InChI is InChI=1S/C17H21N3O/c1-3-16(15-6-4-5-11-19-15)20(2)12-13-7-9-14(10-8-13)17(18)21/h4-11,16H,3,12H2,1-2H3,(H2,18,21). The number of rotatable bonds is 6. The fraction of sp³-hybridized carbons (Fsp3) is 0.294. The van der Waals surface area contributed by atoms with Crippen LogP contribution in [-0.4, -0.2) is 22.8 Å². The maximum absolute atomic E-state index is 11.1.